The van der Waals surface area contributed by atoms with Crippen LogP contribution in [0.15, 0.2) is 18.2 Å². The second kappa shape index (κ2) is 3.61. The third kappa shape index (κ3) is 2.69. The van der Waals surface area contributed by atoms with Crippen LogP contribution < -0.4 is 4.74 Å². The van der Waals surface area contributed by atoms with Crippen molar-refractivity contribution in [2.45, 2.75) is 13.0 Å². The van der Waals surface area contributed by atoms with Crippen LogP contribution in [0.5, 0.6) is 11.5 Å². The van der Waals surface area contributed by atoms with E-state index in [0.29, 0.717) is 13.2 Å². The fourth-order valence-corrected chi connectivity index (χ4v) is 0.897. The number of phenols is 1. The van der Waals surface area contributed by atoms with Gasteiger partial charge in [-0.2, -0.15) is 8.78 Å². The van der Waals surface area contributed by atoms with Crippen LogP contribution in [0.2, 0.25) is 0 Å². The molecule has 0 heterocycles. The number of carbonyl (C=O) groups is 1. The van der Waals surface area contributed by atoms with E-state index in [0.717, 1.165) is 18.2 Å². The maximum absolute atomic E-state index is 12.4. The van der Waals surface area contributed by atoms with Crippen molar-refractivity contribution in [2.75, 3.05) is 0 Å². The van der Waals surface area contributed by atoms with Gasteiger partial charge in [0, 0.05) is 6.92 Å². The van der Waals surface area contributed by atoms with Crippen molar-refractivity contribution in [3.8, 4) is 11.5 Å². The lowest BCUT2D eigenvalue weighted by atomic mass is 10.2. The minimum Gasteiger partial charge on any atom is -0.507 e. The Morgan fingerprint density at radius 1 is 1.50 bits per heavy atom. The number of ether oxygens (including phenoxy) is 1. The lowest BCUT2D eigenvalue weighted by molar-refractivity contribution is -0.159. The molecular weight excluding hydrogens is 194 g/mol. The van der Waals surface area contributed by atoms with Crippen LogP contribution in [0.1, 0.15) is 17.3 Å². The SMILES string of the molecule is CC(F)(F)Oc1ccc(O)c(C=O)c1. The number of carbonyl (C=O) groups excluding carboxylic acids is 1. The van der Waals surface area contributed by atoms with E-state index in [1.807, 2.05) is 0 Å². The van der Waals surface area contributed by atoms with Gasteiger partial charge in [-0.3, -0.25) is 4.79 Å². The highest BCUT2D eigenvalue weighted by Crippen LogP contribution is 2.25. The fourth-order valence-electron chi connectivity index (χ4n) is 0.897. The smallest absolute Gasteiger partial charge is 0.394 e. The van der Waals surface area contributed by atoms with Crippen LogP contribution >= 0.6 is 0 Å². The Morgan fingerprint density at radius 2 is 2.14 bits per heavy atom. The van der Waals surface area contributed by atoms with Gasteiger partial charge in [-0.1, -0.05) is 0 Å². The lowest BCUT2D eigenvalue weighted by Crippen LogP contribution is -2.19. The Labute approximate surface area is 78.9 Å². The van der Waals surface area contributed by atoms with Crippen LogP contribution in [0.3, 0.4) is 0 Å². The van der Waals surface area contributed by atoms with Crippen molar-refractivity contribution in [3.05, 3.63) is 23.8 Å². The number of halogens is 2. The van der Waals surface area contributed by atoms with Crippen LogP contribution in [-0.4, -0.2) is 17.5 Å². The van der Waals surface area contributed by atoms with Gasteiger partial charge in [0.25, 0.3) is 0 Å². The highest BCUT2D eigenvalue weighted by atomic mass is 19.3. The number of rotatable bonds is 3. The zero-order chi connectivity index (χ0) is 10.8. The molecule has 0 fully saturated rings. The average Bonchev–Trinajstić information content (AvgIpc) is 2.06. The molecule has 0 aliphatic rings. The molecule has 0 aliphatic carbocycles. The molecule has 1 rings (SSSR count). The number of hydrogen-bond acceptors (Lipinski definition) is 3. The van der Waals surface area contributed by atoms with Gasteiger partial charge in [0.2, 0.25) is 0 Å². The van der Waals surface area contributed by atoms with E-state index in [1.165, 1.54) is 0 Å². The minimum atomic E-state index is -3.31. The molecule has 0 unspecified atom stereocenters. The number of hydrogen-bond donors (Lipinski definition) is 1. The second-order valence-electron chi connectivity index (χ2n) is 2.75. The monoisotopic (exact) mass is 202 g/mol. The van der Waals surface area contributed by atoms with Gasteiger partial charge in [0.1, 0.15) is 11.5 Å². The summed E-state index contributed by atoms with van der Waals surface area (Å²) in [5.41, 5.74) is -0.0910. The summed E-state index contributed by atoms with van der Waals surface area (Å²) >= 11 is 0. The standard InChI is InChI=1S/C9H8F2O3/c1-9(10,11)14-7-2-3-8(13)6(4-7)5-12/h2-5,13H,1H3. The third-order valence-electron chi connectivity index (χ3n) is 1.42. The normalized spacial score (nSPS) is 11.1. The lowest BCUT2D eigenvalue weighted by Gasteiger charge is -2.13. The minimum absolute atomic E-state index is 0.0910. The Bertz CT molecular complexity index is 344. The molecule has 1 aromatic rings. The summed E-state index contributed by atoms with van der Waals surface area (Å²) in [5, 5.41) is 9.06. The van der Waals surface area contributed by atoms with Gasteiger partial charge in [0.15, 0.2) is 6.29 Å². The Morgan fingerprint density at radius 3 is 2.64 bits per heavy atom. The van der Waals surface area contributed by atoms with Crippen molar-refractivity contribution in [1.29, 1.82) is 0 Å². The van der Waals surface area contributed by atoms with Crippen molar-refractivity contribution in [2.24, 2.45) is 0 Å². The fraction of sp³-hybridized carbons (Fsp3) is 0.222. The van der Waals surface area contributed by atoms with E-state index >= 15 is 0 Å². The van der Waals surface area contributed by atoms with E-state index in [-0.39, 0.29) is 17.1 Å². The Balaban J connectivity index is 2.95. The molecule has 0 spiro atoms. The van der Waals surface area contributed by atoms with E-state index in [2.05, 4.69) is 4.74 Å². The molecule has 1 aromatic carbocycles. The largest absolute Gasteiger partial charge is 0.507 e. The summed E-state index contributed by atoms with van der Waals surface area (Å²) in [4.78, 5) is 10.3. The molecule has 0 amide bonds. The highest BCUT2D eigenvalue weighted by Gasteiger charge is 2.23. The van der Waals surface area contributed by atoms with E-state index in [1.54, 1.807) is 0 Å². The molecule has 0 aromatic heterocycles. The highest BCUT2D eigenvalue weighted by molar-refractivity contribution is 5.79. The van der Waals surface area contributed by atoms with Crippen molar-refractivity contribution in [3.63, 3.8) is 0 Å². The van der Waals surface area contributed by atoms with Crippen LogP contribution in [0.4, 0.5) is 8.78 Å². The average molecular weight is 202 g/mol. The summed E-state index contributed by atoms with van der Waals surface area (Å²) in [6.45, 7) is 0.584. The van der Waals surface area contributed by atoms with Gasteiger partial charge < -0.3 is 9.84 Å². The van der Waals surface area contributed by atoms with Crippen molar-refractivity contribution in [1.82, 2.24) is 0 Å². The molecule has 0 bridgehead atoms. The molecule has 0 saturated carbocycles. The molecule has 5 heteroatoms. The molecule has 0 atom stereocenters. The summed E-state index contributed by atoms with van der Waals surface area (Å²) < 4.78 is 28.9. The Kier molecular flexibility index (Phi) is 2.69. The number of aromatic hydroxyl groups is 1. The molecular formula is C9H8F2O3. The predicted octanol–water partition coefficient (Wildman–Crippen LogP) is 2.20. The van der Waals surface area contributed by atoms with Gasteiger partial charge in [-0.15, -0.1) is 0 Å². The quantitative estimate of drug-likeness (QED) is 0.764. The first-order valence-corrected chi connectivity index (χ1v) is 3.77. The molecule has 3 nitrogen and oxygen atoms in total. The first-order valence-electron chi connectivity index (χ1n) is 3.77. The molecule has 14 heavy (non-hydrogen) atoms. The summed E-state index contributed by atoms with van der Waals surface area (Å²) in [7, 11) is 0. The third-order valence-corrected chi connectivity index (χ3v) is 1.42. The number of benzene rings is 1. The first-order chi connectivity index (χ1) is 6.42. The van der Waals surface area contributed by atoms with Gasteiger partial charge in [-0.25, -0.2) is 0 Å². The zero-order valence-electron chi connectivity index (χ0n) is 7.33. The van der Waals surface area contributed by atoms with Crippen molar-refractivity contribution < 1.29 is 23.4 Å². The molecule has 76 valence electrons. The van der Waals surface area contributed by atoms with E-state index in [9.17, 15) is 13.6 Å². The van der Waals surface area contributed by atoms with Gasteiger partial charge in [-0.05, 0) is 18.2 Å². The molecule has 0 saturated heterocycles. The Hall–Kier alpha value is -1.65. The topological polar surface area (TPSA) is 46.5 Å². The summed E-state index contributed by atoms with van der Waals surface area (Å²) in [5.74, 6) is -0.441. The van der Waals surface area contributed by atoms with E-state index in [4.69, 9.17) is 5.11 Å². The molecule has 1 N–H and O–H groups in total. The number of aldehydes is 1. The maximum atomic E-state index is 12.4. The molecule has 0 radical (unpaired) electrons. The van der Waals surface area contributed by atoms with Gasteiger partial charge in [0.05, 0.1) is 5.56 Å². The summed E-state index contributed by atoms with van der Waals surface area (Å²) in [6.07, 6.45) is -2.95. The van der Waals surface area contributed by atoms with Gasteiger partial charge >= 0.3 is 6.11 Å². The molecule has 0 aliphatic heterocycles. The number of phenolic OH excluding ortho intramolecular Hbond substituents is 1. The zero-order valence-corrected chi connectivity index (χ0v) is 7.33. The van der Waals surface area contributed by atoms with Crippen molar-refractivity contribution >= 4 is 6.29 Å². The number of alkyl halides is 2. The first kappa shape index (κ1) is 10.4. The predicted molar refractivity (Wildman–Crippen MR) is 44.7 cm³/mol. The van der Waals surface area contributed by atoms with Crippen LogP contribution in [-0.2, 0) is 0 Å². The maximum Gasteiger partial charge on any atom is 0.394 e. The van der Waals surface area contributed by atoms with Crippen LogP contribution in [0, 0.1) is 0 Å². The second-order valence-corrected chi connectivity index (χ2v) is 2.75. The van der Waals surface area contributed by atoms with Crippen LogP contribution in [0.25, 0.3) is 0 Å². The summed E-state index contributed by atoms with van der Waals surface area (Å²) in [6, 6.07) is 3.31. The van der Waals surface area contributed by atoms with E-state index < -0.39 is 6.11 Å².